The molecule has 1 heterocycles. The number of likely N-dealkylation sites (tertiary alicyclic amines) is 1. The third-order valence-electron chi connectivity index (χ3n) is 3.33. The zero-order valence-corrected chi connectivity index (χ0v) is 13.3. The van der Waals surface area contributed by atoms with Gasteiger partial charge in [0.05, 0.1) is 0 Å². The maximum Gasteiger partial charge on any atom is 0.254 e. The molecule has 1 aromatic carbocycles. The summed E-state index contributed by atoms with van der Waals surface area (Å²) in [6, 6.07) is 7.15. The second kappa shape index (κ2) is 5.90. The fourth-order valence-electron chi connectivity index (χ4n) is 2.32. The van der Waals surface area contributed by atoms with Crippen LogP contribution in [0.4, 0.5) is 0 Å². The molecule has 102 valence electrons. The van der Waals surface area contributed by atoms with Crippen molar-refractivity contribution >= 4 is 34.4 Å². The van der Waals surface area contributed by atoms with Gasteiger partial charge in [-0.3, -0.25) is 9.59 Å². The fraction of sp³-hybridized carbons (Fsp3) is 0.429. The van der Waals surface area contributed by atoms with E-state index in [-0.39, 0.29) is 17.9 Å². The molecule has 1 unspecified atom stereocenters. The Morgan fingerprint density at radius 3 is 2.47 bits per heavy atom. The molecule has 2 amide bonds. The fourth-order valence-corrected chi connectivity index (χ4v) is 2.68. The van der Waals surface area contributed by atoms with Gasteiger partial charge in [0.1, 0.15) is 6.04 Å². The Bertz CT molecular complexity index is 485. The summed E-state index contributed by atoms with van der Waals surface area (Å²) in [4.78, 5) is 27.8. The zero-order chi connectivity index (χ0) is 14.0. The highest BCUT2D eigenvalue weighted by atomic mass is 127. The molecular formula is C14H17IN2O2. The average Bonchev–Trinajstić information content (AvgIpc) is 2.86. The second-order valence-electron chi connectivity index (χ2n) is 4.90. The zero-order valence-electron chi connectivity index (χ0n) is 11.1. The van der Waals surface area contributed by atoms with Gasteiger partial charge in [0, 0.05) is 29.8 Å². The Kier molecular flexibility index (Phi) is 4.44. The highest BCUT2D eigenvalue weighted by molar-refractivity contribution is 14.1. The first-order chi connectivity index (χ1) is 9.00. The van der Waals surface area contributed by atoms with Crippen LogP contribution < -0.4 is 0 Å². The second-order valence-corrected chi connectivity index (χ2v) is 6.14. The number of carbonyl (C=O) groups excluding carboxylic acids is 2. The van der Waals surface area contributed by atoms with Crippen molar-refractivity contribution < 1.29 is 9.59 Å². The SMILES string of the molecule is CN(C)C(=O)C1CCCN1C(=O)c1ccc(I)cc1. The van der Waals surface area contributed by atoms with E-state index in [9.17, 15) is 9.59 Å². The van der Waals surface area contributed by atoms with Crippen molar-refractivity contribution in [1.29, 1.82) is 0 Å². The highest BCUT2D eigenvalue weighted by Crippen LogP contribution is 2.21. The Hall–Kier alpha value is -1.11. The van der Waals surface area contributed by atoms with Crippen molar-refractivity contribution in [2.75, 3.05) is 20.6 Å². The summed E-state index contributed by atoms with van der Waals surface area (Å²) in [5.41, 5.74) is 0.652. The van der Waals surface area contributed by atoms with Crippen LogP contribution in [-0.4, -0.2) is 48.3 Å². The van der Waals surface area contributed by atoms with Crippen molar-refractivity contribution in [2.45, 2.75) is 18.9 Å². The molecule has 1 aliphatic heterocycles. The number of halogens is 1. The minimum atomic E-state index is -0.304. The molecule has 0 N–H and O–H groups in total. The van der Waals surface area contributed by atoms with E-state index < -0.39 is 0 Å². The molecule has 0 bridgehead atoms. The van der Waals surface area contributed by atoms with E-state index in [0.29, 0.717) is 12.1 Å². The molecule has 2 rings (SSSR count). The van der Waals surface area contributed by atoms with Gasteiger partial charge in [-0.05, 0) is 59.7 Å². The van der Waals surface area contributed by atoms with E-state index >= 15 is 0 Å². The van der Waals surface area contributed by atoms with Crippen molar-refractivity contribution in [1.82, 2.24) is 9.80 Å². The number of carbonyl (C=O) groups is 2. The number of nitrogens with zero attached hydrogens (tertiary/aromatic N) is 2. The number of hydrogen-bond acceptors (Lipinski definition) is 2. The van der Waals surface area contributed by atoms with Gasteiger partial charge in [0.25, 0.3) is 5.91 Å². The number of likely N-dealkylation sites (N-methyl/N-ethyl adjacent to an activating group) is 1. The first-order valence-corrected chi connectivity index (χ1v) is 7.36. The van der Waals surface area contributed by atoms with Crippen molar-refractivity contribution in [3.8, 4) is 0 Å². The Labute approximate surface area is 126 Å². The maximum atomic E-state index is 12.4. The van der Waals surface area contributed by atoms with Crippen LogP contribution in [0.3, 0.4) is 0 Å². The number of amides is 2. The lowest BCUT2D eigenvalue weighted by Gasteiger charge is -2.26. The quantitative estimate of drug-likeness (QED) is 0.745. The van der Waals surface area contributed by atoms with Crippen LogP contribution in [0.25, 0.3) is 0 Å². The molecule has 1 aliphatic rings. The predicted octanol–water partition coefficient (Wildman–Crippen LogP) is 1.98. The summed E-state index contributed by atoms with van der Waals surface area (Å²) in [7, 11) is 3.46. The largest absolute Gasteiger partial charge is 0.347 e. The molecule has 0 spiro atoms. The normalized spacial score (nSPS) is 18.5. The van der Waals surface area contributed by atoms with Crippen LogP contribution in [0.15, 0.2) is 24.3 Å². The molecule has 0 aromatic heterocycles. The molecule has 5 heteroatoms. The first kappa shape index (κ1) is 14.3. The lowest BCUT2D eigenvalue weighted by Crippen LogP contribution is -2.45. The van der Waals surface area contributed by atoms with Crippen LogP contribution in [0.2, 0.25) is 0 Å². The van der Waals surface area contributed by atoms with Gasteiger partial charge in [-0.15, -0.1) is 0 Å². The van der Waals surface area contributed by atoms with Gasteiger partial charge in [0.2, 0.25) is 5.91 Å². The van der Waals surface area contributed by atoms with Crippen molar-refractivity contribution in [2.24, 2.45) is 0 Å². The van der Waals surface area contributed by atoms with E-state index in [1.807, 2.05) is 24.3 Å². The molecule has 1 aromatic rings. The molecule has 0 radical (unpaired) electrons. The van der Waals surface area contributed by atoms with Crippen molar-refractivity contribution in [3.05, 3.63) is 33.4 Å². The number of rotatable bonds is 2. The highest BCUT2D eigenvalue weighted by Gasteiger charge is 2.35. The molecule has 1 atom stereocenters. The summed E-state index contributed by atoms with van der Waals surface area (Å²) >= 11 is 2.21. The van der Waals surface area contributed by atoms with Crippen molar-refractivity contribution in [3.63, 3.8) is 0 Å². The minimum Gasteiger partial charge on any atom is -0.347 e. The number of hydrogen-bond donors (Lipinski definition) is 0. The van der Waals surface area contributed by atoms with Crippen LogP contribution >= 0.6 is 22.6 Å². The Morgan fingerprint density at radius 1 is 1.26 bits per heavy atom. The van der Waals surface area contributed by atoms with Gasteiger partial charge in [0.15, 0.2) is 0 Å². The van der Waals surface area contributed by atoms with Gasteiger partial charge in [-0.25, -0.2) is 0 Å². The first-order valence-electron chi connectivity index (χ1n) is 6.28. The summed E-state index contributed by atoms with van der Waals surface area (Å²) < 4.78 is 1.09. The summed E-state index contributed by atoms with van der Waals surface area (Å²) in [6.07, 6.45) is 1.65. The van der Waals surface area contributed by atoms with Crippen LogP contribution in [0.5, 0.6) is 0 Å². The predicted molar refractivity (Wildman–Crippen MR) is 81.9 cm³/mol. The third kappa shape index (κ3) is 3.08. The molecule has 1 saturated heterocycles. The van der Waals surface area contributed by atoms with Gasteiger partial charge >= 0.3 is 0 Å². The standard InChI is InChI=1S/C14H17IN2O2/c1-16(2)14(19)12-4-3-9-17(12)13(18)10-5-7-11(15)8-6-10/h5-8,12H,3-4,9H2,1-2H3. The van der Waals surface area contributed by atoms with Crippen LogP contribution in [-0.2, 0) is 4.79 Å². The summed E-state index contributed by atoms with van der Waals surface area (Å²) in [5.74, 6) is -0.0366. The van der Waals surface area contributed by atoms with E-state index in [1.165, 1.54) is 0 Å². The van der Waals surface area contributed by atoms with Gasteiger partial charge in [-0.1, -0.05) is 0 Å². The monoisotopic (exact) mass is 372 g/mol. The number of benzene rings is 1. The van der Waals surface area contributed by atoms with Gasteiger partial charge in [-0.2, -0.15) is 0 Å². The molecule has 0 saturated carbocycles. The third-order valence-corrected chi connectivity index (χ3v) is 4.05. The molecule has 0 aliphatic carbocycles. The Morgan fingerprint density at radius 2 is 1.89 bits per heavy atom. The summed E-state index contributed by atoms with van der Waals surface area (Å²) in [6.45, 7) is 0.662. The minimum absolute atomic E-state index is 0.0105. The maximum absolute atomic E-state index is 12.4. The topological polar surface area (TPSA) is 40.6 Å². The van der Waals surface area contributed by atoms with E-state index in [4.69, 9.17) is 0 Å². The smallest absolute Gasteiger partial charge is 0.254 e. The van der Waals surface area contributed by atoms with Crippen LogP contribution in [0.1, 0.15) is 23.2 Å². The molecule has 1 fully saturated rings. The summed E-state index contributed by atoms with van der Waals surface area (Å²) in [5, 5.41) is 0. The van der Waals surface area contributed by atoms with Gasteiger partial charge < -0.3 is 9.80 Å². The van der Waals surface area contributed by atoms with Crippen LogP contribution in [0, 0.1) is 3.57 Å². The Balaban J connectivity index is 2.18. The van der Waals surface area contributed by atoms with E-state index in [1.54, 1.807) is 23.9 Å². The molecular weight excluding hydrogens is 355 g/mol. The molecule has 4 nitrogen and oxygen atoms in total. The average molecular weight is 372 g/mol. The lowest BCUT2D eigenvalue weighted by atomic mass is 10.1. The lowest BCUT2D eigenvalue weighted by molar-refractivity contribution is -0.132. The van der Waals surface area contributed by atoms with E-state index in [2.05, 4.69) is 22.6 Å². The van der Waals surface area contributed by atoms with E-state index in [0.717, 1.165) is 16.4 Å². The molecule has 19 heavy (non-hydrogen) atoms.